The molecular weight excluding hydrogens is 340 g/mol. The minimum Gasteiger partial charge on any atom is -0.375 e. The molecule has 0 aromatic heterocycles. The number of hydrogen-bond donors (Lipinski definition) is 2. The lowest BCUT2D eigenvalue weighted by atomic mass is 10.1. The Balaban J connectivity index is 1.83. The molecule has 2 amide bonds. The first-order chi connectivity index (χ1) is 13.0. The SMILES string of the molecule is CCc1cccc(C)c1N(C)C(=O)NC(N)=NCCOCc1ccccc1. The average Bonchev–Trinajstić information content (AvgIpc) is 2.67. The number of benzene rings is 2. The van der Waals surface area contributed by atoms with Crippen LogP contribution < -0.4 is 16.0 Å². The number of carbonyl (C=O) groups excluding carboxylic acids is 1. The summed E-state index contributed by atoms with van der Waals surface area (Å²) >= 11 is 0. The Morgan fingerprint density at radius 1 is 1.19 bits per heavy atom. The second-order valence-corrected chi connectivity index (χ2v) is 6.23. The second-order valence-electron chi connectivity index (χ2n) is 6.23. The largest absolute Gasteiger partial charge is 0.375 e. The fourth-order valence-electron chi connectivity index (χ4n) is 2.81. The lowest BCUT2D eigenvalue weighted by Gasteiger charge is -2.22. The quantitative estimate of drug-likeness (QED) is 0.447. The van der Waals surface area contributed by atoms with E-state index in [0.29, 0.717) is 19.8 Å². The van der Waals surface area contributed by atoms with E-state index in [1.807, 2.05) is 55.5 Å². The summed E-state index contributed by atoms with van der Waals surface area (Å²) in [5.41, 5.74) is 9.98. The maximum Gasteiger partial charge on any atom is 0.328 e. The molecule has 2 rings (SSSR count). The number of para-hydroxylation sites is 1. The molecule has 2 aromatic rings. The summed E-state index contributed by atoms with van der Waals surface area (Å²) in [6, 6.07) is 15.6. The molecule has 0 spiro atoms. The van der Waals surface area contributed by atoms with Crippen LogP contribution in [0.15, 0.2) is 53.5 Å². The molecule has 6 heteroatoms. The van der Waals surface area contributed by atoms with Crippen LogP contribution in [-0.4, -0.2) is 32.2 Å². The third-order valence-corrected chi connectivity index (χ3v) is 4.21. The van der Waals surface area contributed by atoms with E-state index in [-0.39, 0.29) is 12.0 Å². The van der Waals surface area contributed by atoms with Crippen LogP contribution >= 0.6 is 0 Å². The second kappa shape index (κ2) is 10.3. The van der Waals surface area contributed by atoms with Crippen molar-refractivity contribution in [2.24, 2.45) is 10.7 Å². The van der Waals surface area contributed by atoms with Crippen molar-refractivity contribution in [3.63, 3.8) is 0 Å². The van der Waals surface area contributed by atoms with E-state index in [2.05, 4.69) is 17.2 Å². The van der Waals surface area contributed by atoms with Gasteiger partial charge in [-0.25, -0.2) is 4.79 Å². The first-order valence-corrected chi connectivity index (χ1v) is 9.07. The Labute approximate surface area is 161 Å². The van der Waals surface area contributed by atoms with Crippen molar-refractivity contribution in [2.75, 3.05) is 25.1 Å². The fourth-order valence-corrected chi connectivity index (χ4v) is 2.81. The maximum atomic E-state index is 12.5. The molecule has 0 saturated carbocycles. The highest BCUT2D eigenvalue weighted by Gasteiger charge is 2.16. The van der Waals surface area contributed by atoms with Gasteiger partial charge in [0.25, 0.3) is 0 Å². The number of guanidine groups is 1. The predicted molar refractivity (Wildman–Crippen MR) is 110 cm³/mol. The number of carbonyl (C=O) groups is 1. The third-order valence-electron chi connectivity index (χ3n) is 4.21. The molecular formula is C21H28N4O2. The number of rotatable bonds is 7. The van der Waals surface area contributed by atoms with E-state index in [9.17, 15) is 4.79 Å². The maximum absolute atomic E-state index is 12.5. The molecule has 6 nitrogen and oxygen atoms in total. The minimum absolute atomic E-state index is 0.0850. The first-order valence-electron chi connectivity index (χ1n) is 9.07. The Kier molecular flexibility index (Phi) is 7.82. The normalized spacial score (nSPS) is 11.3. The Morgan fingerprint density at radius 2 is 1.93 bits per heavy atom. The summed E-state index contributed by atoms with van der Waals surface area (Å²) in [5, 5.41) is 2.62. The van der Waals surface area contributed by atoms with Gasteiger partial charge in [-0.15, -0.1) is 0 Å². The smallest absolute Gasteiger partial charge is 0.328 e. The van der Waals surface area contributed by atoms with Gasteiger partial charge < -0.3 is 10.5 Å². The number of nitrogens with two attached hydrogens (primary N) is 1. The topological polar surface area (TPSA) is 80.0 Å². The molecule has 0 aliphatic carbocycles. The van der Waals surface area contributed by atoms with Crippen LogP contribution in [0.2, 0.25) is 0 Å². The van der Waals surface area contributed by atoms with Crippen molar-refractivity contribution in [1.29, 1.82) is 0 Å². The molecule has 3 N–H and O–H groups in total. The zero-order chi connectivity index (χ0) is 19.6. The van der Waals surface area contributed by atoms with Gasteiger partial charge in [-0.2, -0.15) is 0 Å². The number of nitrogens with one attached hydrogen (secondary N) is 1. The van der Waals surface area contributed by atoms with E-state index in [1.165, 1.54) is 0 Å². The molecule has 0 bridgehead atoms. The molecule has 0 aliphatic heterocycles. The molecule has 2 aromatic carbocycles. The van der Waals surface area contributed by atoms with Gasteiger partial charge in [-0.05, 0) is 30.0 Å². The molecule has 0 unspecified atom stereocenters. The van der Waals surface area contributed by atoms with Gasteiger partial charge in [0.05, 0.1) is 25.4 Å². The van der Waals surface area contributed by atoms with Crippen molar-refractivity contribution in [3.05, 3.63) is 65.2 Å². The van der Waals surface area contributed by atoms with Crippen molar-refractivity contribution < 1.29 is 9.53 Å². The molecule has 27 heavy (non-hydrogen) atoms. The highest BCUT2D eigenvalue weighted by Crippen LogP contribution is 2.24. The van der Waals surface area contributed by atoms with Crippen LogP contribution in [0.5, 0.6) is 0 Å². The first kappa shape index (κ1) is 20.5. The molecule has 0 aliphatic rings. The number of aryl methyl sites for hydroxylation is 2. The summed E-state index contributed by atoms with van der Waals surface area (Å²) in [7, 11) is 1.73. The van der Waals surface area contributed by atoms with Crippen LogP contribution in [0, 0.1) is 6.92 Å². The highest BCUT2D eigenvalue weighted by atomic mass is 16.5. The van der Waals surface area contributed by atoms with Gasteiger partial charge in [0, 0.05) is 7.05 Å². The predicted octanol–water partition coefficient (Wildman–Crippen LogP) is 3.23. The summed E-state index contributed by atoms with van der Waals surface area (Å²) in [5.74, 6) is 0.0850. The van der Waals surface area contributed by atoms with Gasteiger partial charge in [0.1, 0.15) is 0 Å². The zero-order valence-corrected chi connectivity index (χ0v) is 16.2. The monoisotopic (exact) mass is 368 g/mol. The van der Waals surface area contributed by atoms with Gasteiger partial charge in [0.2, 0.25) is 0 Å². The number of aliphatic imine (C=N–C) groups is 1. The van der Waals surface area contributed by atoms with Gasteiger partial charge in [-0.3, -0.25) is 15.2 Å². The van der Waals surface area contributed by atoms with E-state index in [1.54, 1.807) is 11.9 Å². The van der Waals surface area contributed by atoms with Crippen molar-refractivity contribution in [3.8, 4) is 0 Å². The number of hydrogen-bond acceptors (Lipinski definition) is 3. The number of nitrogens with zero attached hydrogens (tertiary/aromatic N) is 2. The number of ether oxygens (including phenoxy) is 1. The summed E-state index contributed by atoms with van der Waals surface area (Å²) in [6.07, 6.45) is 0.844. The Morgan fingerprint density at radius 3 is 2.63 bits per heavy atom. The number of anilines is 1. The lowest BCUT2D eigenvalue weighted by molar-refractivity contribution is 0.128. The zero-order valence-electron chi connectivity index (χ0n) is 16.2. The van der Waals surface area contributed by atoms with E-state index >= 15 is 0 Å². The number of urea groups is 1. The van der Waals surface area contributed by atoms with E-state index in [0.717, 1.165) is 28.8 Å². The van der Waals surface area contributed by atoms with Crippen molar-refractivity contribution >= 4 is 17.7 Å². The lowest BCUT2D eigenvalue weighted by Crippen LogP contribution is -2.45. The van der Waals surface area contributed by atoms with Crippen LogP contribution in [0.3, 0.4) is 0 Å². The Bertz CT molecular complexity index is 775. The summed E-state index contributed by atoms with van der Waals surface area (Å²) < 4.78 is 5.55. The summed E-state index contributed by atoms with van der Waals surface area (Å²) in [4.78, 5) is 18.2. The standard InChI is InChI=1S/C21H28N4O2/c1-4-18-12-8-9-16(2)19(18)25(3)21(26)24-20(22)23-13-14-27-15-17-10-6-5-7-11-17/h5-12H,4,13-15H2,1-3H3,(H3,22,23,24,26). The fraction of sp³-hybridized carbons (Fsp3) is 0.333. The molecule has 0 atom stereocenters. The van der Waals surface area contributed by atoms with Gasteiger partial charge >= 0.3 is 6.03 Å². The third kappa shape index (κ3) is 6.11. The molecule has 0 fully saturated rings. The molecule has 0 saturated heterocycles. The van der Waals surface area contributed by atoms with Crippen molar-refractivity contribution in [2.45, 2.75) is 26.9 Å². The van der Waals surface area contributed by atoms with Crippen LogP contribution in [-0.2, 0) is 17.8 Å². The van der Waals surface area contributed by atoms with Crippen LogP contribution in [0.1, 0.15) is 23.6 Å². The molecule has 144 valence electrons. The molecule has 0 radical (unpaired) electrons. The van der Waals surface area contributed by atoms with E-state index in [4.69, 9.17) is 10.5 Å². The number of amides is 2. The van der Waals surface area contributed by atoms with Crippen LogP contribution in [0.4, 0.5) is 10.5 Å². The highest BCUT2D eigenvalue weighted by molar-refractivity contribution is 6.03. The summed E-state index contributed by atoms with van der Waals surface area (Å²) in [6.45, 7) is 5.39. The molecule has 0 heterocycles. The van der Waals surface area contributed by atoms with E-state index < -0.39 is 0 Å². The average molecular weight is 368 g/mol. The minimum atomic E-state index is -0.314. The van der Waals surface area contributed by atoms with Gasteiger partial charge in [0.15, 0.2) is 5.96 Å². The van der Waals surface area contributed by atoms with Gasteiger partial charge in [-0.1, -0.05) is 55.5 Å². The van der Waals surface area contributed by atoms with Crippen LogP contribution in [0.25, 0.3) is 0 Å². The Hall–Kier alpha value is -2.86. The van der Waals surface area contributed by atoms with Crippen molar-refractivity contribution in [1.82, 2.24) is 5.32 Å².